The molecule has 0 aliphatic rings. The molecule has 0 saturated carbocycles. The summed E-state index contributed by atoms with van der Waals surface area (Å²) in [5.74, 6) is -1.20. The molecule has 1 amide bonds. The first-order valence-corrected chi connectivity index (χ1v) is 5.03. The lowest BCUT2D eigenvalue weighted by molar-refractivity contribution is -0.141. The quantitative estimate of drug-likeness (QED) is 0.662. The van der Waals surface area contributed by atoms with E-state index < -0.39 is 48.7 Å². The summed E-state index contributed by atoms with van der Waals surface area (Å²) >= 11 is 0. The number of carbonyl (C=O) groups is 1. The number of aliphatic hydroxyl groups excluding tert-OH is 1. The van der Waals surface area contributed by atoms with E-state index in [9.17, 15) is 27.6 Å². The van der Waals surface area contributed by atoms with Crippen molar-refractivity contribution >= 4 is 5.91 Å². The van der Waals surface area contributed by atoms with E-state index in [-0.39, 0.29) is 4.90 Å². The zero-order valence-electron chi connectivity index (χ0n) is 9.45. The summed E-state index contributed by atoms with van der Waals surface area (Å²) in [6, 6.07) is 0.671. The number of H-pyrrole nitrogens is 2. The number of nitrogens with zero attached hydrogens (tertiary/aromatic N) is 1. The van der Waals surface area contributed by atoms with E-state index in [2.05, 4.69) is 0 Å². The number of carbonyl (C=O) groups excluding carboxylic acids is 1. The average Bonchev–Trinajstić information content (AvgIpc) is 2.24. The van der Waals surface area contributed by atoms with Crippen LogP contribution < -0.4 is 11.2 Å². The van der Waals surface area contributed by atoms with Crippen LogP contribution in [0.4, 0.5) is 13.2 Å². The number of alkyl halides is 3. The molecular formula is C9H10F3N3O4. The fraction of sp³-hybridized carbons (Fsp3) is 0.444. The minimum Gasteiger partial charge on any atom is -0.395 e. The second-order valence-corrected chi connectivity index (χ2v) is 3.57. The van der Waals surface area contributed by atoms with E-state index in [0.717, 1.165) is 0 Å². The maximum Gasteiger partial charge on any atom is 0.406 e. The first-order valence-electron chi connectivity index (χ1n) is 5.03. The summed E-state index contributed by atoms with van der Waals surface area (Å²) in [6.45, 7) is -2.86. The van der Waals surface area contributed by atoms with Gasteiger partial charge in [0.1, 0.15) is 12.2 Å². The van der Waals surface area contributed by atoms with Crippen LogP contribution in [0.25, 0.3) is 0 Å². The van der Waals surface area contributed by atoms with Crippen molar-refractivity contribution in [2.24, 2.45) is 0 Å². The molecule has 0 aliphatic carbocycles. The molecule has 3 N–H and O–H groups in total. The molecule has 0 fully saturated rings. The Kier molecular flexibility index (Phi) is 4.48. The molecule has 0 aliphatic heterocycles. The molecular weight excluding hydrogens is 271 g/mol. The van der Waals surface area contributed by atoms with Gasteiger partial charge in [0.2, 0.25) is 0 Å². The van der Waals surface area contributed by atoms with Gasteiger partial charge in [-0.2, -0.15) is 13.2 Å². The smallest absolute Gasteiger partial charge is 0.395 e. The largest absolute Gasteiger partial charge is 0.406 e. The summed E-state index contributed by atoms with van der Waals surface area (Å²) < 4.78 is 36.7. The Bertz CT molecular complexity index is 535. The lowest BCUT2D eigenvalue weighted by atomic mass is 10.3. The molecule has 0 atom stereocenters. The third-order valence-corrected chi connectivity index (χ3v) is 2.02. The van der Waals surface area contributed by atoms with E-state index >= 15 is 0 Å². The molecule has 0 aromatic carbocycles. The fourth-order valence-corrected chi connectivity index (χ4v) is 1.34. The lowest BCUT2D eigenvalue weighted by Gasteiger charge is -2.22. The second kappa shape index (κ2) is 5.69. The number of hydrogen-bond acceptors (Lipinski definition) is 4. The van der Waals surface area contributed by atoms with Crippen LogP contribution in [0.3, 0.4) is 0 Å². The molecule has 106 valence electrons. The Labute approximate surface area is 103 Å². The van der Waals surface area contributed by atoms with Gasteiger partial charge in [-0.15, -0.1) is 0 Å². The van der Waals surface area contributed by atoms with Gasteiger partial charge < -0.3 is 15.0 Å². The number of halogens is 3. The van der Waals surface area contributed by atoms with Gasteiger partial charge in [-0.05, 0) is 0 Å². The van der Waals surface area contributed by atoms with Crippen molar-refractivity contribution in [3.05, 3.63) is 32.6 Å². The summed E-state index contributed by atoms with van der Waals surface area (Å²) in [5, 5.41) is 8.64. The second-order valence-electron chi connectivity index (χ2n) is 3.57. The number of aliphatic hydroxyl groups is 1. The molecule has 7 nitrogen and oxygen atoms in total. The Morgan fingerprint density at radius 2 is 1.95 bits per heavy atom. The highest BCUT2D eigenvalue weighted by Gasteiger charge is 2.33. The Morgan fingerprint density at radius 1 is 1.32 bits per heavy atom. The van der Waals surface area contributed by atoms with E-state index in [0.29, 0.717) is 6.07 Å². The average molecular weight is 281 g/mol. The van der Waals surface area contributed by atoms with Crippen LogP contribution in [0.5, 0.6) is 0 Å². The molecule has 0 unspecified atom stereocenters. The third kappa shape index (κ3) is 4.58. The van der Waals surface area contributed by atoms with Crippen LogP contribution >= 0.6 is 0 Å². The third-order valence-electron chi connectivity index (χ3n) is 2.02. The number of rotatable bonds is 4. The van der Waals surface area contributed by atoms with Gasteiger partial charge in [-0.3, -0.25) is 14.6 Å². The predicted octanol–water partition coefficient (Wildman–Crippen LogP) is -0.940. The van der Waals surface area contributed by atoms with Crippen LogP contribution in [0, 0.1) is 0 Å². The molecule has 1 aromatic rings. The Hall–Kier alpha value is -2.10. The number of aromatic amines is 2. The van der Waals surface area contributed by atoms with Crippen LogP contribution in [0.1, 0.15) is 10.5 Å². The van der Waals surface area contributed by atoms with Gasteiger partial charge in [0.15, 0.2) is 0 Å². The van der Waals surface area contributed by atoms with Crippen molar-refractivity contribution in [1.29, 1.82) is 0 Å². The first kappa shape index (κ1) is 15.0. The standard InChI is InChI=1S/C9H10F3N3O4/c10-9(11,12)4-15(1-2-16)7(18)5-3-6(17)14-8(19)13-5/h3,16H,1-2,4H2,(H2,13,14,17,19). The molecule has 1 heterocycles. The van der Waals surface area contributed by atoms with Crippen molar-refractivity contribution in [2.45, 2.75) is 6.18 Å². The topological polar surface area (TPSA) is 106 Å². The highest BCUT2D eigenvalue weighted by Crippen LogP contribution is 2.17. The van der Waals surface area contributed by atoms with Crippen LogP contribution in [0.2, 0.25) is 0 Å². The van der Waals surface area contributed by atoms with E-state index in [1.807, 2.05) is 4.98 Å². The number of aromatic nitrogens is 2. The summed E-state index contributed by atoms with van der Waals surface area (Å²) in [6.07, 6.45) is -4.66. The van der Waals surface area contributed by atoms with Crippen LogP contribution in [-0.4, -0.2) is 51.8 Å². The van der Waals surface area contributed by atoms with Crippen molar-refractivity contribution in [3.8, 4) is 0 Å². The van der Waals surface area contributed by atoms with Gasteiger partial charge >= 0.3 is 11.9 Å². The molecule has 0 spiro atoms. The van der Waals surface area contributed by atoms with E-state index in [4.69, 9.17) is 5.11 Å². The normalized spacial score (nSPS) is 11.4. The fourth-order valence-electron chi connectivity index (χ4n) is 1.34. The highest BCUT2D eigenvalue weighted by atomic mass is 19.4. The summed E-state index contributed by atoms with van der Waals surface area (Å²) in [5.41, 5.74) is -2.50. The van der Waals surface area contributed by atoms with Crippen molar-refractivity contribution < 1.29 is 23.1 Å². The zero-order valence-corrected chi connectivity index (χ0v) is 9.45. The minimum absolute atomic E-state index is 0.282. The minimum atomic E-state index is -4.66. The van der Waals surface area contributed by atoms with Gasteiger partial charge in [-0.1, -0.05) is 0 Å². The number of hydrogen-bond donors (Lipinski definition) is 3. The first-order chi connectivity index (χ1) is 8.73. The number of amides is 1. The van der Waals surface area contributed by atoms with E-state index in [1.54, 1.807) is 4.98 Å². The summed E-state index contributed by atoms with van der Waals surface area (Å²) in [7, 11) is 0. The summed E-state index contributed by atoms with van der Waals surface area (Å²) in [4.78, 5) is 37.6. The van der Waals surface area contributed by atoms with Gasteiger partial charge in [-0.25, -0.2) is 4.79 Å². The highest BCUT2D eigenvalue weighted by molar-refractivity contribution is 5.92. The monoisotopic (exact) mass is 281 g/mol. The van der Waals surface area contributed by atoms with Crippen molar-refractivity contribution in [1.82, 2.24) is 14.9 Å². The van der Waals surface area contributed by atoms with Gasteiger partial charge in [0, 0.05) is 12.6 Å². The SMILES string of the molecule is O=C(c1cc(=O)[nH]c(=O)[nH]1)N(CCO)CC(F)(F)F. The molecule has 10 heteroatoms. The maximum absolute atomic E-state index is 12.2. The molecule has 1 rings (SSSR count). The molecule has 0 radical (unpaired) electrons. The van der Waals surface area contributed by atoms with Gasteiger partial charge in [0.05, 0.1) is 6.61 Å². The Morgan fingerprint density at radius 3 is 2.42 bits per heavy atom. The molecule has 19 heavy (non-hydrogen) atoms. The Balaban J connectivity index is 3.05. The van der Waals surface area contributed by atoms with Crippen LogP contribution in [-0.2, 0) is 0 Å². The molecule has 1 aromatic heterocycles. The van der Waals surface area contributed by atoms with Crippen molar-refractivity contribution in [3.63, 3.8) is 0 Å². The van der Waals surface area contributed by atoms with Crippen LogP contribution in [0.15, 0.2) is 15.7 Å². The maximum atomic E-state index is 12.2. The molecule has 0 saturated heterocycles. The van der Waals surface area contributed by atoms with E-state index in [1.165, 1.54) is 0 Å². The zero-order chi connectivity index (χ0) is 14.6. The van der Waals surface area contributed by atoms with Gasteiger partial charge in [0.25, 0.3) is 11.5 Å². The lowest BCUT2D eigenvalue weighted by Crippen LogP contribution is -2.42. The number of nitrogens with one attached hydrogen (secondary N) is 2. The predicted molar refractivity (Wildman–Crippen MR) is 56.7 cm³/mol. The molecule has 0 bridgehead atoms. The van der Waals surface area contributed by atoms with Crippen molar-refractivity contribution in [2.75, 3.05) is 19.7 Å².